The largest absolute Gasteiger partial charge is 0.331 e. The summed E-state index contributed by atoms with van der Waals surface area (Å²) in [6, 6.07) is 11.3. The summed E-state index contributed by atoms with van der Waals surface area (Å²) < 4.78 is 1.77. The Morgan fingerprint density at radius 3 is 2.58 bits per heavy atom. The lowest BCUT2D eigenvalue weighted by Crippen LogP contribution is -2.31. The van der Waals surface area contributed by atoms with E-state index in [2.05, 4.69) is 35.6 Å². The molecule has 0 aliphatic rings. The van der Waals surface area contributed by atoms with Crippen LogP contribution in [0, 0.1) is 13.8 Å². The van der Waals surface area contributed by atoms with Gasteiger partial charge in [-0.1, -0.05) is 0 Å². The third kappa shape index (κ3) is 3.65. The Kier molecular flexibility index (Phi) is 4.66. The van der Waals surface area contributed by atoms with E-state index in [1.165, 1.54) is 15.3 Å². The Morgan fingerprint density at radius 1 is 1.25 bits per heavy atom. The second-order valence-corrected chi connectivity index (χ2v) is 7.15. The van der Waals surface area contributed by atoms with Crippen molar-refractivity contribution in [3.63, 3.8) is 0 Å². The number of urea groups is 1. The zero-order chi connectivity index (χ0) is 17.1. The number of carbonyl (C=O) groups is 1. The van der Waals surface area contributed by atoms with Crippen molar-refractivity contribution in [1.82, 2.24) is 15.1 Å². The summed E-state index contributed by atoms with van der Waals surface area (Å²) in [5.41, 5.74) is 2.86. The van der Waals surface area contributed by atoms with E-state index in [9.17, 15) is 4.79 Å². The van der Waals surface area contributed by atoms with E-state index < -0.39 is 0 Å². The normalized spacial score (nSPS) is 12.0. The van der Waals surface area contributed by atoms with E-state index in [0.29, 0.717) is 0 Å². The third-order valence-corrected chi connectivity index (χ3v) is 4.77. The fourth-order valence-corrected chi connectivity index (χ4v) is 3.66. The van der Waals surface area contributed by atoms with Crippen LogP contribution in [-0.2, 0) is 0 Å². The summed E-state index contributed by atoms with van der Waals surface area (Å²) in [4.78, 5) is 14.7. The molecule has 3 aromatic rings. The first-order valence-electron chi connectivity index (χ1n) is 7.77. The second-order valence-electron chi connectivity index (χ2n) is 5.69. The minimum atomic E-state index is -0.211. The van der Waals surface area contributed by atoms with Gasteiger partial charge in [0.1, 0.15) is 0 Å². The number of nitrogens with one attached hydrogen (secondary N) is 2. The van der Waals surface area contributed by atoms with Crippen molar-refractivity contribution in [2.45, 2.75) is 26.8 Å². The molecule has 0 saturated carbocycles. The van der Waals surface area contributed by atoms with Gasteiger partial charge in [0.15, 0.2) is 0 Å². The van der Waals surface area contributed by atoms with Crippen molar-refractivity contribution in [1.29, 1.82) is 0 Å². The molecule has 5 nitrogen and oxygen atoms in total. The van der Waals surface area contributed by atoms with Gasteiger partial charge in [-0.05, 0) is 62.7 Å². The van der Waals surface area contributed by atoms with Gasteiger partial charge in [0.2, 0.25) is 0 Å². The van der Waals surface area contributed by atoms with Crippen molar-refractivity contribution in [2.75, 3.05) is 5.32 Å². The number of thiophene rings is 1. The van der Waals surface area contributed by atoms with E-state index in [4.69, 9.17) is 0 Å². The minimum absolute atomic E-state index is 0.0294. The van der Waals surface area contributed by atoms with Crippen LogP contribution in [0.15, 0.2) is 48.8 Å². The van der Waals surface area contributed by atoms with Crippen molar-refractivity contribution >= 4 is 23.1 Å². The first kappa shape index (κ1) is 16.3. The zero-order valence-electron chi connectivity index (χ0n) is 13.9. The average Bonchev–Trinajstić information content (AvgIpc) is 3.17. The van der Waals surface area contributed by atoms with E-state index in [0.717, 1.165) is 11.4 Å². The molecular weight excluding hydrogens is 320 g/mol. The number of rotatable bonds is 4. The van der Waals surface area contributed by atoms with Crippen LogP contribution in [0.3, 0.4) is 0 Å². The van der Waals surface area contributed by atoms with Gasteiger partial charge in [0.05, 0.1) is 11.7 Å². The molecule has 0 aliphatic heterocycles. The summed E-state index contributed by atoms with van der Waals surface area (Å²) in [5.74, 6) is 0. The monoisotopic (exact) mass is 340 g/mol. The Balaban J connectivity index is 1.61. The smallest absolute Gasteiger partial charge is 0.319 e. The van der Waals surface area contributed by atoms with Crippen LogP contribution in [-0.4, -0.2) is 15.8 Å². The molecule has 0 bridgehead atoms. The van der Waals surface area contributed by atoms with Gasteiger partial charge in [-0.2, -0.15) is 5.10 Å². The maximum Gasteiger partial charge on any atom is 0.319 e. The van der Waals surface area contributed by atoms with Crippen LogP contribution in [0.2, 0.25) is 0 Å². The molecule has 1 atom stereocenters. The molecule has 0 aliphatic carbocycles. The lowest BCUT2D eigenvalue weighted by molar-refractivity contribution is 0.249. The molecular formula is C18H20N4OS. The lowest BCUT2D eigenvalue weighted by atomic mass is 10.1. The molecule has 2 aromatic heterocycles. The van der Waals surface area contributed by atoms with Crippen LogP contribution in [0.25, 0.3) is 5.69 Å². The molecule has 124 valence electrons. The molecule has 1 unspecified atom stereocenters. The predicted octanol–water partition coefficient (Wildman–Crippen LogP) is 4.43. The molecule has 0 saturated heterocycles. The van der Waals surface area contributed by atoms with Crippen molar-refractivity contribution in [3.05, 3.63) is 64.1 Å². The molecule has 2 N–H and O–H groups in total. The fraction of sp³-hybridized carbons (Fsp3) is 0.222. The summed E-state index contributed by atoms with van der Waals surface area (Å²) >= 11 is 1.75. The highest BCUT2D eigenvalue weighted by atomic mass is 32.1. The summed E-state index contributed by atoms with van der Waals surface area (Å²) in [7, 11) is 0. The molecule has 0 spiro atoms. The SMILES string of the molecule is Cc1cc(C(C)NC(=O)Nc2ccc(-n3cccn3)cc2)c(C)s1. The number of hydrogen-bond donors (Lipinski definition) is 2. The molecule has 0 fully saturated rings. The first-order chi connectivity index (χ1) is 11.5. The standard InChI is InChI=1S/C18H20N4OS/c1-12-11-17(14(3)24-12)13(2)20-18(23)21-15-5-7-16(8-6-15)22-10-4-9-19-22/h4-11,13H,1-3H3,(H2,20,21,23). The van der Waals surface area contributed by atoms with Crippen molar-refractivity contribution < 1.29 is 4.79 Å². The first-order valence-corrected chi connectivity index (χ1v) is 8.59. The number of nitrogens with zero attached hydrogens (tertiary/aromatic N) is 2. The van der Waals surface area contributed by atoms with Crippen LogP contribution >= 0.6 is 11.3 Å². The minimum Gasteiger partial charge on any atom is -0.331 e. The van der Waals surface area contributed by atoms with E-state index in [1.807, 2.05) is 43.5 Å². The molecule has 0 radical (unpaired) electrons. The van der Waals surface area contributed by atoms with Crippen LogP contribution in [0.5, 0.6) is 0 Å². The topological polar surface area (TPSA) is 59.0 Å². The number of aromatic nitrogens is 2. The van der Waals surface area contributed by atoms with Gasteiger partial charge < -0.3 is 10.6 Å². The highest BCUT2D eigenvalue weighted by Gasteiger charge is 2.13. The number of amides is 2. The van der Waals surface area contributed by atoms with Crippen molar-refractivity contribution in [2.24, 2.45) is 0 Å². The molecule has 2 amide bonds. The van der Waals surface area contributed by atoms with E-state index >= 15 is 0 Å². The second kappa shape index (κ2) is 6.88. The van der Waals surface area contributed by atoms with Crippen LogP contribution in [0.4, 0.5) is 10.5 Å². The predicted molar refractivity (Wildman–Crippen MR) is 97.9 cm³/mol. The van der Waals surface area contributed by atoms with E-state index in [1.54, 1.807) is 22.2 Å². The van der Waals surface area contributed by atoms with Gasteiger partial charge in [-0.3, -0.25) is 0 Å². The quantitative estimate of drug-likeness (QED) is 0.738. The fourth-order valence-electron chi connectivity index (χ4n) is 2.64. The molecule has 6 heteroatoms. The number of benzene rings is 1. The molecule has 2 heterocycles. The van der Waals surface area contributed by atoms with Crippen LogP contribution in [0.1, 0.15) is 28.3 Å². The number of hydrogen-bond acceptors (Lipinski definition) is 3. The van der Waals surface area contributed by atoms with Gasteiger partial charge in [-0.25, -0.2) is 9.48 Å². The lowest BCUT2D eigenvalue weighted by Gasteiger charge is -2.15. The zero-order valence-corrected chi connectivity index (χ0v) is 14.7. The maximum absolute atomic E-state index is 12.2. The molecule has 1 aromatic carbocycles. The third-order valence-electron chi connectivity index (χ3n) is 3.79. The number of aryl methyl sites for hydroxylation is 2. The number of anilines is 1. The average molecular weight is 340 g/mol. The summed E-state index contributed by atoms with van der Waals surface area (Å²) in [6.07, 6.45) is 3.61. The Hall–Kier alpha value is -2.60. The van der Waals surface area contributed by atoms with Crippen LogP contribution < -0.4 is 10.6 Å². The Morgan fingerprint density at radius 2 is 2.00 bits per heavy atom. The maximum atomic E-state index is 12.2. The molecule has 3 rings (SSSR count). The van der Waals surface area contributed by atoms with Gasteiger partial charge in [0.25, 0.3) is 0 Å². The van der Waals surface area contributed by atoms with Gasteiger partial charge in [-0.15, -0.1) is 11.3 Å². The summed E-state index contributed by atoms with van der Waals surface area (Å²) in [5, 5.41) is 10.0. The van der Waals surface area contributed by atoms with Crippen molar-refractivity contribution in [3.8, 4) is 5.69 Å². The summed E-state index contributed by atoms with van der Waals surface area (Å²) in [6.45, 7) is 6.15. The Labute approximate surface area is 145 Å². The van der Waals surface area contributed by atoms with E-state index in [-0.39, 0.29) is 12.1 Å². The van der Waals surface area contributed by atoms with Gasteiger partial charge in [0, 0.05) is 27.8 Å². The Bertz CT molecular complexity index is 821. The molecule has 24 heavy (non-hydrogen) atoms. The van der Waals surface area contributed by atoms with Gasteiger partial charge >= 0.3 is 6.03 Å². The number of carbonyl (C=O) groups excluding carboxylic acids is 1. The highest BCUT2D eigenvalue weighted by molar-refractivity contribution is 7.12. The highest BCUT2D eigenvalue weighted by Crippen LogP contribution is 2.26.